The lowest BCUT2D eigenvalue weighted by Gasteiger charge is -2.07. The summed E-state index contributed by atoms with van der Waals surface area (Å²) in [6.07, 6.45) is 0. The monoisotopic (exact) mass is 269 g/mol. The summed E-state index contributed by atoms with van der Waals surface area (Å²) >= 11 is 0. The van der Waals surface area contributed by atoms with E-state index in [-0.39, 0.29) is 0 Å². The van der Waals surface area contributed by atoms with Crippen molar-refractivity contribution in [3.05, 3.63) is 71.3 Å². The van der Waals surface area contributed by atoms with Gasteiger partial charge in [0.2, 0.25) is 0 Å². The van der Waals surface area contributed by atoms with E-state index in [2.05, 4.69) is 24.2 Å². The lowest BCUT2D eigenvalue weighted by Crippen LogP contribution is -2.09. The number of hydrogen-bond donors (Lipinski definition) is 0. The molecule has 0 aromatic heterocycles. The zero-order valence-electron chi connectivity index (χ0n) is 11.9. The normalized spacial score (nSPS) is 11.4. The van der Waals surface area contributed by atoms with E-state index in [0.29, 0.717) is 13.2 Å². The molecule has 0 amide bonds. The Morgan fingerprint density at radius 2 is 1.70 bits per heavy atom. The van der Waals surface area contributed by atoms with Gasteiger partial charge in [-0.2, -0.15) is 0 Å². The average Bonchev–Trinajstić information content (AvgIpc) is 2.48. The summed E-state index contributed by atoms with van der Waals surface area (Å²) in [5, 5.41) is 4.20. The number of benzene rings is 2. The number of methoxy groups -OCH3 is 1. The highest BCUT2D eigenvalue weighted by molar-refractivity contribution is 6.01. The molecule has 2 aromatic rings. The van der Waals surface area contributed by atoms with Crippen molar-refractivity contribution in [1.82, 2.24) is 0 Å². The Morgan fingerprint density at radius 1 is 1.00 bits per heavy atom. The first-order valence-corrected chi connectivity index (χ1v) is 6.58. The lowest BCUT2D eigenvalue weighted by atomic mass is 10.1. The maximum Gasteiger partial charge on any atom is 0.142 e. The summed E-state index contributed by atoms with van der Waals surface area (Å²) in [7, 11) is 1.65. The highest BCUT2D eigenvalue weighted by atomic mass is 16.6. The van der Waals surface area contributed by atoms with Gasteiger partial charge in [0.1, 0.15) is 12.3 Å². The zero-order chi connectivity index (χ0) is 14.2. The highest BCUT2D eigenvalue weighted by Crippen LogP contribution is 2.07. The maximum atomic E-state index is 5.43. The van der Waals surface area contributed by atoms with E-state index in [9.17, 15) is 0 Å². The molecule has 0 atom stereocenters. The van der Waals surface area contributed by atoms with E-state index in [1.807, 2.05) is 42.5 Å². The SMILES string of the molecule is COC/C(=N\OCc1ccccc1)c1ccc(C)cc1. The maximum absolute atomic E-state index is 5.43. The van der Waals surface area contributed by atoms with Gasteiger partial charge >= 0.3 is 0 Å². The molecule has 0 aliphatic heterocycles. The minimum Gasteiger partial charge on any atom is -0.391 e. The fourth-order valence-electron chi connectivity index (χ4n) is 1.80. The number of rotatable bonds is 6. The van der Waals surface area contributed by atoms with Crippen LogP contribution in [0.5, 0.6) is 0 Å². The van der Waals surface area contributed by atoms with Gasteiger partial charge in [-0.25, -0.2) is 0 Å². The van der Waals surface area contributed by atoms with Crippen molar-refractivity contribution in [3.8, 4) is 0 Å². The molecule has 0 bridgehead atoms. The number of oxime groups is 1. The van der Waals surface area contributed by atoms with Crippen molar-refractivity contribution < 1.29 is 9.57 Å². The van der Waals surface area contributed by atoms with Crippen LogP contribution in [0.15, 0.2) is 59.8 Å². The minimum atomic E-state index is 0.428. The van der Waals surface area contributed by atoms with Crippen LogP contribution < -0.4 is 0 Å². The predicted molar refractivity (Wildman–Crippen MR) is 80.8 cm³/mol. The van der Waals surface area contributed by atoms with Crippen LogP contribution in [0.25, 0.3) is 0 Å². The van der Waals surface area contributed by atoms with Crippen LogP contribution in [0.1, 0.15) is 16.7 Å². The summed E-state index contributed by atoms with van der Waals surface area (Å²) in [4.78, 5) is 5.43. The molecule has 3 nitrogen and oxygen atoms in total. The van der Waals surface area contributed by atoms with E-state index in [4.69, 9.17) is 9.57 Å². The first kappa shape index (κ1) is 14.3. The second-order valence-corrected chi connectivity index (χ2v) is 4.60. The molecule has 0 fully saturated rings. The van der Waals surface area contributed by atoms with Gasteiger partial charge in [0, 0.05) is 12.7 Å². The van der Waals surface area contributed by atoms with Crippen LogP contribution >= 0.6 is 0 Å². The largest absolute Gasteiger partial charge is 0.391 e. The Bertz CT molecular complexity index is 547. The summed E-state index contributed by atoms with van der Waals surface area (Å²) in [5.41, 5.74) is 4.13. The molecule has 2 aromatic carbocycles. The van der Waals surface area contributed by atoms with Crippen LogP contribution in [0.2, 0.25) is 0 Å². The number of hydrogen-bond acceptors (Lipinski definition) is 3. The van der Waals surface area contributed by atoms with E-state index >= 15 is 0 Å². The molecule has 20 heavy (non-hydrogen) atoms. The third-order valence-corrected chi connectivity index (χ3v) is 2.91. The molecule has 0 aliphatic carbocycles. The van der Waals surface area contributed by atoms with Gasteiger partial charge < -0.3 is 9.57 Å². The third-order valence-electron chi connectivity index (χ3n) is 2.91. The molecule has 2 rings (SSSR count). The van der Waals surface area contributed by atoms with Crippen molar-refractivity contribution in [2.75, 3.05) is 13.7 Å². The molecule has 0 saturated carbocycles. The molecule has 0 heterocycles. The van der Waals surface area contributed by atoms with Crippen LogP contribution in [0.3, 0.4) is 0 Å². The summed E-state index contributed by atoms with van der Waals surface area (Å²) in [6, 6.07) is 18.1. The Labute approximate surface area is 119 Å². The van der Waals surface area contributed by atoms with E-state index in [0.717, 1.165) is 16.8 Å². The van der Waals surface area contributed by atoms with Gasteiger partial charge in [0.05, 0.1) is 6.61 Å². The Balaban J connectivity index is 2.04. The summed E-state index contributed by atoms with van der Waals surface area (Å²) < 4.78 is 5.18. The molecular formula is C17H19NO2. The number of aryl methyl sites for hydroxylation is 1. The van der Waals surface area contributed by atoms with Gasteiger partial charge in [0.15, 0.2) is 0 Å². The van der Waals surface area contributed by atoms with Crippen molar-refractivity contribution >= 4 is 5.71 Å². The van der Waals surface area contributed by atoms with Crippen molar-refractivity contribution in [1.29, 1.82) is 0 Å². The molecule has 0 saturated heterocycles. The average molecular weight is 269 g/mol. The van der Waals surface area contributed by atoms with Crippen LogP contribution in [-0.4, -0.2) is 19.4 Å². The number of nitrogens with zero attached hydrogens (tertiary/aromatic N) is 1. The van der Waals surface area contributed by atoms with E-state index in [1.54, 1.807) is 7.11 Å². The van der Waals surface area contributed by atoms with Crippen LogP contribution in [0, 0.1) is 6.92 Å². The van der Waals surface area contributed by atoms with Crippen LogP contribution in [-0.2, 0) is 16.2 Å². The lowest BCUT2D eigenvalue weighted by molar-refractivity contribution is 0.127. The molecule has 0 spiro atoms. The van der Waals surface area contributed by atoms with Crippen molar-refractivity contribution in [2.45, 2.75) is 13.5 Å². The Hall–Kier alpha value is -2.13. The topological polar surface area (TPSA) is 30.8 Å². The second kappa shape index (κ2) is 7.46. The Morgan fingerprint density at radius 3 is 2.35 bits per heavy atom. The highest BCUT2D eigenvalue weighted by Gasteiger charge is 2.04. The molecule has 0 aliphatic rings. The standard InChI is InChI=1S/C17H19NO2/c1-14-8-10-16(11-9-14)17(13-19-2)18-20-12-15-6-4-3-5-7-15/h3-11H,12-13H2,1-2H3/b18-17+. The summed E-state index contributed by atoms with van der Waals surface area (Å²) in [5.74, 6) is 0. The van der Waals surface area contributed by atoms with Gasteiger partial charge in [0.25, 0.3) is 0 Å². The molecule has 0 N–H and O–H groups in total. The molecule has 0 radical (unpaired) electrons. The summed E-state index contributed by atoms with van der Waals surface area (Å²) in [6.45, 7) is 2.95. The fraction of sp³-hybridized carbons (Fsp3) is 0.235. The number of ether oxygens (including phenoxy) is 1. The van der Waals surface area contributed by atoms with E-state index in [1.165, 1.54) is 5.56 Å². The van der Waals surface area contributed by atoms with Gasteiger partial charge in [-0.05, 0) is 12.5 Å². The quantitative estimate of drug-likeness (QED) is 0.593. The van der Waals surface area contributed by atoms with Crippen molar-refractivity contribution in [3.63, 3.8) is 0 Å². The van der Waals surface area contributed by atoms with E-state index < -0.39 is 0 Å². The molecule has 3 heteroatoms. The Kier molecular flexibility index (Phi) is 5.33. The predicted octanol–water partition coefficient (Wildman–Crippen LogP) is 3.56. The van der Waals surface area contributed by atoms with Gasteiger partial charge in [-0.15, -0.1) is 0 Å². The second-order valence-electron chi connectivity index (χ2n) is 4.60. The first-order chi connectivity index (χ1) is 9.79. The molecule has 104 valence electrons. The van der Waals surface area contributed by atoms with Gasteiger partial charge in [-0.1, -0.05) is 65.3 Å². The zero-order valence-corrected chi connectivity index (χ0v) is 11.9. The first-order valence-electron chi connectivity index (χ1n) is 6.58. The van der Waals surface area contributed by atoms with Gasteiger partial charge in [-0.3, -0.25) is 0 Å². The molecule has 0 unspecified atom stereocenters. The fourth-order valence-corrected chi connectivity index (χ4v) is 1.80. The van der Waals surface area contributed by atoms with Crippen LogP contribution in [0.4, 0.5) is 0 Å². The minimum absolute atomic E-state index is 0.428. The third kappa shape index (κ3) is 4.21. The smallest absolute Gasteiger partial charge is 0.142 e. The molecular weight excluding hydrogens is 250 g/mol. The van der Waals surface area contributed by atoms with Crippen molar-refractivity contribution in [2.24, 2.45) is 5.16 Å².